The van der Waals surface area contributed by atoms with Gasteiger partial charge in [0.25, 0.3) is 0 Å². The van der Waals surface area contributed by atoms with E-state index in [0.717, 1.165) is 6.07 Å². The predicted octanol–water partition coefficient (Wildman–Crippen LogP) is 2.97. The van der Waals surface area contributed by atoms with Gasteiger partial charge in [0.2, 0.25) is 15.6 Å². The average Bonchev–Trinajstić information content (AvgIpc) is 2.53. The molecule has 1 N–H and O–H groups in total. The van der Waals surface area contributed by atoms with Crippen LogP contribution in [-0.4, -0.2) is 30.8 Å². The Morgan fingerprint density at radius 1 is 1.16 bits per heavy atom. The minimum atomic E-state index is -4.75. The average molecular weight is 374 g/mol. The number of pyridine rings is 1. The van der Waals surface area contributed by atoms with Crippen molar-refractivity contribution in [3.63, 3.8) is 0 Å². The number of benzene rings is 1. The van der Waals surface area contributed by atoms with Gasteiger partial charge in [-0.2, -0.15) is 17.5 Å². The zero-order chi connectivity index (χ0) is 18.4. The van der Waals surface area contributed by atoms with E-state index >= 15 is 0 Å². The molecule has 2 aromatic rings. The van der Waals surface area contributed by atoms with Gasteiger partial charge in [-0.3, -0.25) is 4.79 Å². The first-order valence-electron chi connectivity index (χ1n) is 7.83. The Morgan fingerprint density at radius 3 is 2.40 bits per heavy atom. The van der Waals surface area contributed by atoms with Gasteiger partial charge in [0, 0.05) is 30.1 Å². The van der Waals surface area contributed by atoms with Crippen LogP contribution < -0.4 is 5.56 Å². The van der Waals surface area contributed by atoms with Crippen LogP contribution in [-0.2, 0) is 16.2 Å². The van der Waals surface area contributed by atoms with Crippen molar-refractivity contribution < 1.29 is 21.6 Å². The van der Waals surface area contributed by atoms with E-state index in [9.17, 15) is 26.4 Å². The van der Waals surface area contributed by atoms with Gasteiger partial charge in [-0.15, -0.1) is 0 Å². The molecule has 25 heavy (non-hydrogen) atoms. The maximum Gasteiger partial charge on any atom is 0.417 e. The summed E-state index contributed by atoms with van der Waals surface area (Å²) in [5.41, 5.74) is -2.08. The Balaban J connectivity index is 2.12. The van der Waals surface area contributed by atoms with Gasteiger partial charge in [-0.05, 0) is 37.0 Å². The van der Waals surface area contributed by atoms with E-state index in [1.54, 1.807) is 0 Å². The second-order valence-electron chi connectivity index (χ2n) is 6.34. The van der Waals surface area contributed by atoms with E-state index in [1.165, 1.54) is 16.4 Å². The van der Waals surface area contributed by atoms with Crippen molar-refractivity contribution >= 4 is 20.9 Å². The highest BCUT2D eigenvalue weighted by Crippen LogP contribution is 2.34. The molecule has 0 aliphatic carbocycles. The molecule has 1 fully saturated rings. The molecule has 1 aliphatic rings. The van der Waals surface area contributed by atoms with Crippen LogP contribution >= 0.6 is 0 Å². The topological polar surface area (TPSA) is 70.2 Å². The van der Waals surface area contributed by atoms with Crippen LogP contribution in [0.4, 0.5) is 13.2 Å². The number of sulfonamides is 1. The maximum atomic E-state index is 13.2. The van der Waals surface area contributed by atoms with Gasteiger partial charge < -0.3 is 4.98 Å². The lowest BCUT2D eigenvalue weighted by atomic mass is 10.0. The molecule has 0 bridgehead atoms. The van der Waals surface area contributed by atoms with Gasteiger partial charge in [0.1, 0.15) is 0 Å². The summed E-state index contributed by atoms with van der Waals surface area (Å²) < 4.78 is 66.4. The van der Waals surface area contributed by atoms with Crippen LogP contribution in [0.3, 0.4) is 0 Å². The van der Waals surface area contributed by atoms with Gasteiger partial charge in [0.05, 0.1) is 10.5 Å². The normalized spacial score (nSPS) is 17.9. The summed E-state index contributed by atoms with van der Waals surface area (Å²) >= 11 is 0. The molecule has 0 unspecified atom stereocenters. The lowest BCUT2D eigenvalue weighted by molar-refractivity contribution is -0.136. The number of nitrogens with one attached hydrogen (secondary N) is 1. The molecule has 0 atom stereocenters. The smallest absolute Gasteiger partial charge is 0.322 e. The summed E-state index contributed by atoms with van der Waals surface area (Å²) in [7, 11) is -3.88. The number of nitrogens with zero attached hydrogens (tertiary/aromatic N) is 1. The minimum Gasteiger partial charge on any atom is -0.322 e. The third kappa shape index (κ3) is 3.43. The molecule has 9 heteroatoms. The summed E-state index contributed by atoms with van der Waals surface area (Å²) in [6.07, 6.45) is -3.32. The first-order valence-corrected chi connectivity index (χ1v) is 9.27. The lowest BCUT2D eigenvalue weighted by Gasteiger charge is -2.29. The number of H-pyrrole nitrogens is 1. The standard InChI is InChI=1S/C16H17F3N2O3S/c1-10-4-6-21(7-5-10)25(23,24)11-2-3-14-12(8-11)13(16(17,18)19)9-15(22)20-14/h2-3,8-10H,4-7H2,1H3,(H,20,22). The number of piperidine rings is 1. The number of hydrogen-bond donors (Lipinski definition) is 1. The molecule has 0 radical (unpaired) electrons. The van der Waals surface area contributed by atoms with Crippen molar-refractivity contribution in [1.82, 2.24) is 9.29 Å². The van der Waals surface area contributed by atoms with Crippen molar-refractivity contribution in [2.45, 2.75) is 30.8 Å². The van der Waals surface area contributed by atoms with Gasteiger partial charge in [-0.1, -0.05) is 6.92 Å². The van der Waals surface area contributed by atoms with Crippen LogP contribution in [0.2, 0.25) is 0 Å². The van der Waals surface area contributed by atoms with Crippen molar-refractivity contribution in [2.75, 3.05) is 13.1 Å². The number of hydrogen-bond acceptors (Lipinski definition) is 3. The number of alkyl halides is 3. The summed E-state index contributed by atoms with van der Waals surface area (Å²) in [5, 5.41) is -0.335. The highest BCUT2D eigenvalue weighted by atomic mass is 32.2. The van der Waals surface area contributed by atoms with Crippen LogP contribution in [0.5, 0.6) is 0 Å². The van der Waals surface area contributed by atoms with Crippen LogP contribution in [0, 0.1) is 5.92 Å². The summed E-state index contributed by atoms with van der Waals surface area (Å²) in [6, 6.07) is 3.86. The van der Waals surface area contributed by atoms with Crippen LogP contribution in [0.15, 0.2) is 34.0 Å². The fraction of sp³-hybridized carbons (Fsp3) is 0.438. The fourth-order valence-electron chi connectivity index (χ4n) is 3.00. The largest absolute Gasteiger partial charge is 0.417 e. The Bertz CT molecular complexity index is 959. The molecular weight excluding hydrogens is 357 g/mol. The summed E-state index contributed by atoms with van der Waals surface area (Å²) in [6.45, 7) is 2.73. The molecule has 2 heterocycles. The third-order valence-corrected chi connectivity index (χ3v) is 6.39. The molecule has 1 aromatic heterocycles. The predicted molar refractivity (Wildman–Crippen MR) is 86.7 cm³/mol. The number of aromatic nitrogens is 1. The van der Waals surface area contributed by atoms with E-state index in [2.05, 4.69) is 4.98 Å². The minimum absolute atomic E-state index is 0.0500. The molecule has 1 aliphatic heterocycles. The van der Waals surface area contributed by atoms with Crippen molar-refractivity contribution in [2.24, 2.45) is 5.92 Å². The first-order chi connectivity index (χ1) is 11.6. The molecule has 1 saturated heterocycles. The van der Waals surface area contributed by atoms with E-state index in [4.69, 9.17) is 0 Å². The highest BCUT2D eigenvalue weighted by molar-refractivity contribution is 7.89. The highest BCUT2D eigenvalue weighted by Gasteiger charge is 2.34. The van der Waals surface area contributed by atoms with Gasteiger partial charge >= 0.3 is 6.18 Å². The van der Waals surface area contributed by atoms with E-state index < -0.39 is 27.3 Å². The number of aromatic amines is 1. The molecular formula is C16H17F3N2O3S. The third-order valence-electron chi connectivity index (χ3n) is 4.50. The first kappa shape index (κ1) is 17.9. The second-order valence-corrected chi connectivity index (χ2v) is 8.28. The second kappa shape index (κ2) is 6.14. The monoisotopic (exact) mass is 374 g/mol. The Kier molecular flexibility index (Phi) is 4.40. The molecule has 0 saturated carbocycles. The summed E-state index contributed by atoms with van der Waals surface area (Å²) in [4.78, 5) is 13.5. The van der Waals surface area contributed by atoms with E-state index in [0.29, 0.717) is 37.9 Å². The van der Waals surface area contributed by atoms with Crippen molar-refractivity contribution in [3.8, 4) is 0 Å². The van der Waals surface area contributed by atoms with Crippen molar-refractivity contribution in [3.05, 3.63) is 40.2 Å². The lowest BCUT2D eigenvalue weighted by Crippen LogP contribution is -2.37. The zero-order valence-electron chi connectivity index (χ0n) is 13.4. The fourth-order valence-corrected chi connectivity index (χ4v) is 4.50. The van der Waals surface area contributed by atoms with Gasteiger partial charge in [0.15, 0.2) is 0 Å². The quantitative estimate of drug-likeness (QED) is 0.879. The SMILES string of the molecule is CC1CCN(S(=O)(=O)c2ccc3[nH]c(=O)cc(C(F)(F)F)c3c2)CC1. The van der Waals surface area contributed by atoms with Gasteiger partial charge in [-0.25, -0.2) is 8.42 Å². The Hall–Kier alpha value is -1.87. The Morgan fingerprint density at radius 2 is 1.80 bits per heavy atom. The maximum absolute atomic E-state index is 13.2. The van der Waals surface area contributed by atoms with E-state index in [-0.39, 0.29) is 15.8 Å². The molecule has 0 spiro atoms. The summed E-state index contributed by atoms with van der Waals surface area (Å²) in [5.74, 6) is 0.421. The van der Waals surface area contributed by atoms with Crippen LogP contribution in [0.1, 0.15) is 25.3 Å². The molecule has 136 valence electrons. The molecule has 5 nitrogen and oxygen atoms in total. The number of fused-ring (bicyclic) bond motifs is 1. The Labute approximate surface area is 142 Å². The van der Waals surface area contributed by atoms with Crippen molar-refractivity contribution in [1.29, 1.82) is 0 Å². The van der Waals surface area contributed by atoms with Crippen LogP contribution in [0.25, 0.3) is 10.9 Å². The molecule has 1 aromatic carbocycles. The zero-order valence-corrected chi connectivity index (χ0v) is 14.2. The molecule has 0 amide bonds. The number of rotatable bonds is 2. The molecule has 3 rings (SSSR count). The number of halogens is 3. The van der Waals surface area contributed by atoms with E-state index in [1.807, 2.05) is 6.92 Å².